The van der Waals surface area contributed by atoms with Gasteiger partial charge < -0.3 is 4.48 Å². The Morgan fingerprint density at radius 3 is 2.18 bits per heavy atom. The van der Waals surface area contributed by atoms with Crippen molar-refractivity contribution < 1.29 is 4.48 Å². The summed E-state index contributed by atoms with van der Waals surface area (Å²) >= 11 is 0. The lowest BCUT2D eigenvalue weighted by Crippen LogP contribution is -2.34. The van der Waals surface area contributed by atoms with Crippen molar-refractivity contribution in [3.63, 3.8) is 0 Å². The van der Waals surface area contributed by atoms with Gasteiger partial charge in [-0.05, 0) is 18.6 Å². The van der Waals surface area contributed by atoms with Gasteiger partial charge >= 0.3 is 0 Å². The second-order valence-corrected chi connectivity index (χ2v) is 5.21. The van der Waals surface area contributed by atoms with E-state index < -0.39 is 0 Å². The van der Waals surface area contributed by atoms with E-state index in [2.05, 4.69) is 45.2 Å². The van der Waals surface area contributed by atoms with Crippen LogP contribution >= 0.6 is 0 Å². The molecule has 0 bridgehead atoms. The number of aromatic nitrogens is 1. The van der Waals surface area contributed by atoms with Crippen molar-refractivity contribution >= 4 is 10.9 Å². The molecule has 1 aromatic heterocycles. The minimum Gasteiger partial charge on any atom is -0.331 e. The third kappa shape index (κ3) is 5.45. The van der Waals surface area contributed by atoms with Gasteiger partial charge in [-0.1, -0.05) is 31.2 Å². The van der Waals surface area contributed by atoms with Crippen LogP contribution in [-0.2, 0) is 0 Å². The Morgan fingerprint density at radius 2 is 1.65 bits per heavy atom. The quantitative estimate of drug-likeness (QED) is 0.722. The zero-order valence-electron chi connectivity index (χ0n) is 11.4. The lowest BCUT2D eigenvalue weighted by molar-refractivity contribution is -0.870. The highest BCUT2D eigenvalue weighted by atomic mass is 15.3. The molecule has 0 N–H and O–H groups in total. The Hall–Kier alpha value is -1.41. The molecule has 0 unspecified atom stereocenters. The smallest absolute Gasteiger partial charge is 0.0777 e. The van der Waals surface area contributed by atoms with Gasteiger partial charge in [0, 0.05) is 11.6 Å². The van der Waals surface area contributed by atoms with E-state index in [0.29, 0.717) is 0 Å². The van der Waals surface area contributed by atoms with Gasteiger partial charge in [-0.2, -0.15) is 0 Å². The molecule has 0 aliphatic heterocycles. The number of pyridine rings is 1. The highest BCUT2D eigenvalue weighted by Crippen LogP contribution is 2.07. The predicted molar refractivity (Wildman–Crippen MR) is 74.9 cm³/mol. The van der Waals surface area contributed by atoms with Crippen molar-refractivity contribution in [2.24, 2.45) is 0 Å². The van der Waals surface area contributed by atoms with Crippen LogP contribution in [0.4, 0.5) is 0 Å². The number of hydrogen-bond acceptors (Lipinski definition) is 1. The first-order chi connectivity index (χ1) is 8.03. The van der Waals surface area contributed by atoms with E-state index in [0.717, 1.165) is 10.00 Å². The number of hydrogen-bond donors (Lipinski definition) is 0. The summed E-state index contributed by atoms with van der Waals surface area (Å²) in [5.74, 6) is 0. The average Bonchev–Trinajstić information content (AvgIpc) is 2.28. The Morgan fingerprint density at radius 1 is 1.00 bits per heavy atom. The van der Waals surface area contributed by atoms with E-state index in [1.807, 2.05) is 30.5 Å². The normalized spacial score (nSPS) is 10.8. The summed E-state index contributed by atoms with van der Waals surface area (Å²) in [6, 6.07) is 12.1. The van der Waals surface area contributed by atoms with Crippen LogP contribution in [0.2, 0.25) is 0 Å². The van der Waals surface area contributed by atoms with Crippen molar-refractivity contribution in [1.82, 2.24) is 4.98 Å². The van der Waals surface area contributed by atoms with E-state index in [-0.39, 0.29) is 0 Å². The first kappa shape index (κ1) is 13.7. The molecule has 0 amide bonds. The maximum absolute atomic E-state index is 4.18. The van der Waals surface area contributed by atoms with Crippen LogP contribution in [0.1, 0.15) is 13.3 Å². The molecule has 92 valence electrons. The molecule has 2 rings (SSSR count). The number of quaternary nitrogens is 1. The van der Waals surface area contributed by atoms with Gasteiger partial charge in [0.2, 0.25) is 0 Å². The van der Waals surface area contributed by atoms with Gasteiger partial charge in [-0.15, -0.1) is 0 Å². The van der Waals surface area contributed by atoms with Gasteiger partial charge in [0.05, 0.1) is 33.2 Å². The highest BCUT2D eigenvalue weighted by molar-refractivity contribution is 5.77. The molecule has 0 saturated heterocycles. The molecule has 0 fully saturated rings. The van der Waals surface area contributed by atoms with Crippen LogP contribution < -0.4 is 0 Å². The number of rotatable bonds is 2. The van der Waals surface area contributed by atoms with Gasteiger partial charge in [-0.25, -0.2) is 0 Å². The van der Waals surface area contributed by atoms with Crippen molar-refractivity contribution in [1.29, 1.82) is 0 Å². The van der Waals surface area contributed by atoms with Crippen LogP contribution in [0.15, 0.2) is 42.6 Å². The summed E-state index contributed by atoms with van der Waals surface area (Å²) in [5, 5.41) is 1.20. The molecule has 2 aromatic rings. The van der Waals surface area contributed by atoms with Crippen molar-refractivity contribution in [3.05, 3.63) is 42.6 Å². The molecule has 0 atom stereocenters. The predicted octanol–water partition coefficient (Wildman–Crippen LogP) is 3.34. The molecule has 0 aliphatic rings. The summed E-state index contributed by atoms with van der Waals surface area (Å²) in [7, 11) is 6.64. The van der Waals surface area contributed by atoms with Crippen molar-refractivity contribution in [3.8, 4) is 0 Å². The summed E-state index contributed by atoms with van der Waals surface area (Å²) in [5.41, 5.74) is 1.06. The van der Waals surface area contributed by atoms with Crippen LogP contribution in [0, 0.1) is 0 Å². The van der Waals surface area contributed by atoms with E-state index in [1.54, 1.807) is 0 Å². The van der Waals surface area contributed by atoms with E-state index >= 15 is 0 Å². The molecule has 0 saturated carbocycles. The minimum atomic E-state index is 1.06. The maximum atomic E-state index is 4.18. The SMILES string of the molecule is CCC[N+](C)(C)C.c1ccc2ncccc2c1. The van der Waals surface area contributed by atoms with Gasteiger partial charge in [0.15, 0.2) is 0 Å². The van der Waals surface area contributed by atoms with Crippen LogP contribution in [-0.4, -0.2) is 37.2 Å². The first-order valence-corrected chi connectivity index (χ1v) is 6.13. The minimum absolute atomic E-state index is 1.06. The molecule has 1 aromatic carbocycles. The molecule has 1 heterocycles. The van der Waals surface area contributed by atoms with Crippen molar-refractivity contribution in [2.45, 2.75) is 13.3 Å². The van der Waals surface area contributed by atoms with Gasteiger partial charge in [-0.3, -0.25) is 4.98 Å². The zero-order chi connectivity index (χ0) is 12.7. The molecule has 2 nitrogen and oxygen atoms in total. The second-order valence-electron chi connectivity index (χ2n) is 5.21. The monoisotopic (exact) mass is 231 g/mol. The third-order valence-corrected chi connectivity index (χ3v) is 2.41. The fraction of sp³-hybridized carbons (Fsp3) is 0.400. The first-order valence-electron chi connectivity index (χ1n) is 6.13. The van der Waals surface area contributed by atoms with Crippen LogP contribution in [0.3, 0.4) is 0 Å². The molecule has 2 heteroatoms. The van der Waals surface area contributed by atoms with Crippen LogP contribution in [0.5, 0.6) is 0 Å². The largest absolute Gasteiger partial charge is 0.331 e. The number of para-hydroxylation sites is 1. The molecular weight excluding hydrogens is 208 g/mol. The fourth-order valence-electron chi connectivity index (χ4n) is 1.69. The number of benzene rings is 1. The Labute approximate surface area is 104 Å². The summed E-state index contributed by atoms with van der Waals surface area (Å²) in [6.45, 7) is 3.49. The summed E-state index contributed by atoms with van der Waals surface area (Å²) in [4.78, 5) is 4.18. The molecule has 17 heavy (non-hydrogen) atoms. The summed E-state index contributed by atoms with van der Waals surface area (Å²) in [6.07, 6.45) is 3.09. The maximum Gasteiger partial charge on any atom is 0.0777 e. The Balaban J connectivity index is 0.000000185. The zero-order valence-corrected chi connectivity index (χ0v) is 11.4. The van der Waals surface area contributed by atoms with Gasteiger partial charge in [0.1, 0.15) is 0 Å². The molecule has 0 aliphatic carbocycles. The summed E-state index contributed by atoms with van der Waals surface area (Å²) < 4.78 is 1.09. The lowest BCUT2D eigenvalue weighted by atomic mass is 10.2. The standard InChI is InChI=1S/C9H7N.C6H16N/c1-2-6-9-8(4-1)5-3-7-10-9;1-5-6-7(2,3)4/h1-7H;5-6H2,1-4H3/q;+1. The fourth-order valence-corrected chi connectivity index (χ4v) is 1.69. The molecular formula is C15H23N2+. The topological polar surface area (TPSA) is 12.9 Å². The van der Waals surface area contributed by atoms with Gasteiger partial charge in [0.25, 0.3) is 0 Å². The van der Waals surface area contributed by atoms with Crippen LogP contribution in [0.25, 0.3) is 10.9 Å². The third-order valence-electron chi connectivity index (χ3n) is 2.41. The highest BCUT2D eigenvalue weighted by Gasteiger charge is 2.01. The molecule has 0 spiro atoms. The Kier molecular flexibility index (Phi) is 5.11. The van der Waals surface area contributed by atoms with E-state index in [4.69, 9.17) is 0 Å². The lowest BCUT2D eigenvalue weighted by Gasteiger charge is -2.22. The van der Waals surface area contributed by atoms with E-state index in [9.17, 15) is 0 Å². The Bertz CT molecular complexity index is 378. The number of nitrogens with zero attached hydrogens (tertiary/aromatic N) is 2. The van der Waals surface area contributed by atoms with Crippen molar-refractivity contribution in [2.75, 3.05) is 27.7 Å². The second kappa shape index (κ2) is 6.36. The average molecular weight is 231 g/mol. The molecule has 0 radical (unpaired) electrons. The number of fused-ring (bicyclic) bond motifs is 1. The van der Waals surface area contributed by atoms with E-state index in [1.165, 1.54) is 18.4 Å².